The summed E-state index contributed by atoms with van der Waals surface area (Å²) in [4.78, 5) is 19.9. The van der Waals surface area contributed by atoms with Gasteiger partial charge in [0, 0.05) is 39.1 Å². The van der Waals surface area contributed by atoms with Crippen LogP contribution in [0.2, 0.25) is 0 Å². The van der Waals surface area contributed by atoms with Crippen molar-refractivity contribution in [2.75, 3.05) is 45.6 Å². The molecule has 0 aliphatic carbocycles. The van der Waals surface area contributed by atoms with Crippen LogP contribution in [0.3, 0.4) is 0 Å². The summed E-state index contributed by atoms with van der Waals surface area (Å²) in [5.41, 5.74) is 1.42. The molecule has 0 fully saturated rings. The molecule has 0 radical (unpaired) electrons. The first-order valence-electron chi connectivity index (χ1n) is 7.22. The van der Waals surface area contributed by atoms with Gasteiger partial charge in [-0.1, -0.05) is 13.8 Å². The van der Waals surface area contributed by atoms with Crippen molar-refractivity contribution in [3.8, 4) is 0 Å². The molecule has 0 saturated carbocycles. The zero-order valence-corrected chi connectivity index (χ0v) is 13.0. The lowest BCUT2D eigenvalue weighted by atomic mass is 10.3. The number of anilines is 1. The van der Waals surface area contributed by atoms with Crippen molar-refractivity contribution in [1.82, 2.24) is 14.8 Å². The molecular formula is C15H26N4O. The van der Waals surface area contributed by atoms with E-state index in [4.69, 9.17) is 0 Å². The number of carbonyl (C=O) groups excluding carboxylic acids is 1. The molecule has 0 atom stereocenters. The average molecular weight is 278 g/mol. The van der Waals surface area contributed by atoms with Crippen LogP contribution in [0.4, 0.5) is 5.69 Å². The van der Waals surface area contributed by atoms with Gasteiger partial charge in [0.2, 0.25) is 0 Å². The molecule has 5 heteroatoms. The molecule has 0 bridgehead atoms. The van der Waals surface area contributed by atoms with Gasteiger partial charge in [-0.15, -0.1) is 0 Å². The number of amides is 1. The van der Waals surface area contributed by atoms with Crippen molar-refractivity contribution in [2.45, 2.75) is 20.3 Å². The number of hydrogen-bond donors (Lipinski definition) is 1. The van der Waals surface area contributed by atoms with E-state index >= 15 is 0 Å². The van der Waals surface area contributed by atoms with Gasteiger partial charge in [-0.25, -0.2) is 0 Å². The molecule has 0 aromatic carbocycles. The highest BCUT2D eigenvalue weighted by Crippen LogP contribution is 2.09. The fourth-order valence-electron chi connectivity index (χ4n) is 1.99. The SMILES string of the molecule is CCCN(CC)CCNc1ccnc(C(=O)N(C)C)c1. The maximum absolute atomic E-state index is 11.8. The van der Waals surface area contributed by atoms with E-state index in [2.05, 4.69) is 29.0 Å². The molecule has 1 heterocycles. The van der Waals surface area contributed by atoms with E-state index in [0.717, 1.165) is 31.9 Å². The number of likely N-dealkylation sites (N-methyl/N-ethyl adjacent to an activating group) is 1. The zero-order chi connectivity index (χ0) is 15.0. The Morgan fingerprint density at radius 2 is 2.05 bits per heavy atom. The molecule has 1 aromatic rings. The fourth-order valence-corrected chi connectivity index (χ4v) is 1.99. The molecule has 0 spiro atoms. The molecular weight excluding hydrogens is 252 g/mol. The summed E-state index contributed by atoms with van der Waals surface area (Å²) in [7, 11) is 3.46. The van der Waals surface area contributed by atoms with Crippen molar-refractivity contribution in [3.05, 3.63) is 24.0 Å². The van der Waals surface area contributed by atoms with Gasteiger partial charge in [-0.2, -0.15) is 0 Å². The molecule has 0 saturated heterocycles. The Bertz CT molecular complexity index is 420. The van der Waals surface area contributed by atoms with Gasteiger partial charge in [0.05, 0.1) is 0 Å². The van der Waals surface area contributed by atoms with E-state index in [9.17, 15) is 4.79 Å². The third kappa shape index (κ3) is 5.17. The molecule has 0 aliphatic rings. The van der Waals surface area contributed by atoms with Gasteiger partial charge >= 0.3 is 0 Å². The minimum atomic E-state index is -0.0742. The fraction of sp³-hybridized carbons (Fsp3) is 0.600. The molecule has 0 unspecified atom stereocenters. The number of pyridine rings is 1. The van der Waals surface area contributed by atoms with Crippen LogP contribution in [-0.4, -0.2) is 61.0 Å². The minimum absolute atomic E-state index is 0.0742. The number of nitrogens with zero attached hydrogens (tertiary/aromatic N) is 3. The standard InChI is InChI=1S/C15H26N4O/c1-5-10-19(6-2)11-9-16-13-7-8-17-14(12-13)15(20)18(3)4/h7-8,12H,5-6,9-11H2,1-4H3,(H,16,17). The second-order valence-electron chi connectivity index (χ2n) is 4.99. The van der Waals surface area contributed by atoms with Crippen LogP contribution in [0.1, 0.15) is 30.8 Å². The van der Waals surface area contributed by atoms with Crippen LogP contribution in [0.15, 0.2) is 18.3 Å². The summed E-state index contributed by atoms with van der Waals surface area (Å²) in [6.07, 6.45) is 2.84. The highest BCUT2D eigenvalue weighted by atomic mass is 16.2. The summed E-state index contributed by atoms with van der Waals surface area (Å²) >= 11 is 0. The minimum Gasteiger partial charge on any atom is -0.384 e. The van der Waals surface area contributed by atoms with Crippen LogP contribution < -0.4 is 5.32 Å². The first-order valence-corrected chi connectivity index (χ1v) is 7.22. The van der Waals surface area contributed by atoms with Crippen molar-refractivity contribution in [3.63, 3.8) is 0 Å². The first kappa shape index (κ1) is 16.4. The first-order chi connectivity index (χ1) is 9.58. The van der Waals surface area contributed by atoms with Gasteiger partial charge in [-0.05, 0) is 31.6 Å². The Morgan fingerprint density at radius 3 is 2.65 bits per heavy atom. The normalized spacial score (nSPS) is 10.7. The topological polar surface area (TPSA) is 48.5 Å². The van der Waals surface area contributed by atoms with Gasteiger partial charge in [-0.3, -0.25) is 9.78 Å². The molecule has 1 N–H and O–H groups in total. The monoisotopic (exact) mass is 278 g/mol. The number of nitrogens with one attached hydrogen (secondary N) is 1. The van der Waals surface area contributed by atoms with Crippen molar-refractivity contribution < 1.29 is 4.79 Å². The summed E-state index contributed by atoms with van der Waals surface area (Å²) in [5.74, 6) is -0.0742. The highest BCUT2D eigenvalue weighted by molar-refractivity contribution is 5.92. The Labute approximate surface area is 122 Å². The molecule has 1 rings (SSSR count). The third-order valence-electron chi connectivity index (χ3n) is 3.13. The second-order valence-corrected chi connectivity index (χ2v) is 4.99. The molecule has 1 amide bonds. The Morgan fingerprint density at radius 1 is 1.30 bits per heavy atom. The van der Waals surface area contributed by atoms with E-state index in [1.54, 1.807) is 26.4 Å². The Balaban J connectivity index is 2.52. The van der Waals surface area contributed by atoms with E-state index < -0.39 is 0 Å². The van der Waals surface area contributed by atoms with E-state index in [0.29, 0.717) is 5.69 Å². The number of aromatic nitrogens is 1. The molecule has 1 aromatic heterocycles. The molecule has 20 heavy (non-hydrogen) atoms. The van der Waals surface area contributed by atoms with Crippen molar-refractivity contribution >= 4 is 11.6 Å². The van der Waals surface area contributed by atoms with Crippen LogP contribution in [0.5, 0.6) is 0 Å². The number of rotatable bonds is 8. The van der Waals surface area contributed by atoms with Crippen LogP contribution in [0.25, 0.3) is 0 Å². The second kappa shape index (κ2) is 8.53. The van der Waals surface area contributed by atoms with E-state index in [1.165, 1.54) is 11.3 Å². The Kier molecular flexibility index (Phi) is 7.01. The predicted molar refractivity (Wildman–Crippen MR) is 83.1 cm³/mol. The van der Waals surface area contributed by atoms with Gasteiger partial charge < -0.3 is 15.1 Å². The summed E-state index contributed by atoms with van der Waals surface area (Å²) in [6, 6.07) is 3.70. The predicted octanol–water partition coefficient (Wildman–Crippen LogP) is 1.93. The van der Waals surface area contributed by atoms with Gasteiger partial charge in [0.25, 0.3) is 5.91 Å². The van der Waals surface area contributed by atoms with Crippen LogP contribution in [0, 0.1) is 0 Å². The van der Waals surface area contributed by atoms with Crippen molar-refractivity contribution in [2.24, 2.45) is 0 Å². The maximum atomic E-state index is 11.8. The van der Waals surface area contributed by atoms with E-state index in [1.807, 2.05) is 6.07 Å². The van der Waals surface area contributed by atoms with Gasteiger partial charge in [0.15, 0.2) is 0 Å². The lowest BCUT2D eigenvalue weighted by Crippen LogP contribution is -2.29. The lowest BCUT2D eigenvalue weighted by molar-refractivity contribution is 0.0822. The third-order valence-corrected chi connectivity index (χ3v) is 3.13. The summed E-state index contributed by atoms with van der Waals surface area (Å²) in [6.45, 7) is 8.43. The van der Waals surface area contributed by atoms with Crippen molar-refractivity contribution in [1.29, 1.82) is 0 Å². The number of carbonyl (C=O) groups is 1. The largest absolute Gasteiger partial charge is 0.384 e. The molecule has 112 valence electrons. The van der Waals surface area contributed by atoms with E-state index in [-0.39, 0.29) is 5.91 Å². The quantitative estimate of drug-likeness (QED) is 0.789. The summed E-state index contributed by atoms with van der Waals surface area (Å²) in [5, 5.41) is 3.35. The average Bonchev–Trinajstić information content (AvgIpc) is 2.45. The smallest absolute Gasteiger partial charge is 0.272 e. The van der Waals surface area contributed by atoms with Crippen LogP contribution >= 0.6 is 0 Å². The zero-order valence-electron chi connectivity index (χ0n) is 13.0. The van der Waals surface area contributed by atoms with Gasteiger partial charge in [0.1, 0.15) is 5.69 Å². The molecule has 5 nitrogen and oxygen atoms in total. The lowest BCUT2D eigenvalue weighted by Gasteiger charge is -2.20. The summed E-state index contributed by atoms with van der Waals surface area (Å²) < 4.78 is 0. The Hall–Kier alpha value is -1.62. The van der Waals surface area contributed by atoms with Crippen LogP contribution in [-0.2, 0) is 0 Å². The number of hydrogen-bond acceptors (Lipinski definition) is 4. The highest BCUT2D eigenvalue weighted by Gasteiger charge is 2.09. The maximum Gasteiger partial charge on any atom is 0.272 e. The molecule has 0 aliphatic heterocycles.